The van der Waals surface area contributed by atoms with Crippen molar-refractivity contribution < 1.29 is 0 Å². The van der Waals surface area contributed by atoms with Crippen LogP contribution in [0.4, 0.5) is 0 Å². The van der Waals surface area contributed by atoms with Crippen LogP contribution in [0.1, 0.15) is 33.6 Å². The van der Waals surface area contributed by atoms with Gasteiger partial charge in [0, 0.05) is 48.5 Å². The molecule has 1 N–H and O–H groups in total. The van der Waals surface area contributed by atoms with E-state index in [1.165, 1.54) is 5.56 Å². The van der Waals surface area contributed by atoms with Crippen molar-refractivity contribution >= 4 is 10.9 Å². The molecule has 0 aliphatic rings. The molecule has 8 heteroatoms. The second kappa shape index (κ2) is 10.6. The number of nitrogens with zero attached hydrogens (tertiary/aromatic N) is 6. The highest BCUT2D eigenvalue weighted by molar-refractivity contribution is 5.83. The molecule has 3 aromatic heterocycles. The monoisotopic (exact) mass is 479 g/mol. The summed E-state index contributed by atoms with van der Waals surface area (Å²) in [6, 6.07) is 20.4. The van der Waals surface area contributed by atoms with Gasteiger partial charge in [-0.15, -0.1) is 5.10 Å². The minimum absolute atomic E-state index is 0.0765. The van der Waals surface area contributed by atoms with Gasteiger partial charge in [0.25, 0.3) is 5.56 Å². The Labute approximate surface area is 209 Å². The number of aromatic amines is 1. The predicted molar refractivity (Wildman–Crippen MR) is 139 cm³/mol. The van der Waals surface area contributed by atoms with E-state index in [0.717, 1.165) is 39.8 Å². The maximum atomic E-state index is 13.0. The fraction of sp³-hybridized carbons (Fsp3) is 0.250. The van der Waals surface area contributed by atoms with Crippen molar-refractivity contribution in [3.8, 4) is 0 Å². The Bertz CT molecular complexity index is 1510. The Hall–Kier alpha value is -4.17. The summed E-state index contributed by atoms with van der Waals surface area (Å²) in [6.07, 6.45) is 4.45. The third-order valence-electron chi connectivity index (χ3n) is 6.34. The van der Waals surface area contributed by atoms with Gasteiger partial charge in [0.1, 0.15) is 0 Å². The van der Waals surface area contributed by atoms with Gasteiger partial charge >= 0.3 is 0 Å². The lowest BCUT2D eigenvalue weighted by atomic mass is 10.0. The molecule has 0 radical (unpaired) electrons. The summed E-state index contributed by atoms with van der Waals surface area (Å²) in [7, 11) is 0. The summed E-state index contributed by atoms with van der Waals surface area (Å²) in [5.41, 5.74) is 6.07. The van der Waals surface area contributed by atoms with Crippen molar-refractivity contribution in [1.82, 2.24) is 35.1 Å². The third-order valence-corrected chi connectivity index (χ3v) is 6.34. The maximum Gasteiger partial charge on any atom is 0.252 e. The van der Waals surface area contributed by atoms with Gasteiger partial charge < -0.3 is 4.98 Å². The van der Waals surface area contributed by atoms with Crippen LogP contribution >= 0.6 is 0 Å². The molecule has 36 heavy (non-hydrogen) atoms. The molecule has 2 aromatic carbocycles. The van der Waals surface area contributed by atoms with E-state index in [-0.39, 0.29) is 5.56 Å². The lowest BCUT2D eigenvalue weighted by Gasteiger charge is -2.22. The van der Waals surface area contributed by atoms with Crippen LogP contribution in [0, 0.1) is 13.8 Å². The summed E-state index contributed by atoms with van der Waals surface area (Å²) in [4.78, 5) is 22.6. The molecule has 0 saturated carbocycles. The lowest BCUT2D eigenvalue weighted by Crippen LogP contribution is -2.28. The molecule has 5 rings (SSSR count). The Balaban J connectivity index is 1.41. The third kappa shape index (κ3) is 5.55. The Morgan fingerprint density at radius 2 is 1.78 bits per heavy atom. The maximum absolute atomic E-state index is 13.0. The zero-order valence-electron chi connectivity index (χ0n) is 20.6. The standard InChI is InChI=1S/C28H29N7O/c1-20-13-21(2)25-15-24(28(36)30-26(25)14-20)18-34(17-23-9-6-11-29-16-23)19-27-31-32-33-35(27)12-10-22-7-4-3-5-8-22/h3-9,11,13-16H,10,12,17-19H2,1-2H3,(H,30,36). The second-order valence-corrected chi connectivity index (χ2v) is 9.23. The van der Waals surface area contributed by atoms with Crippen LogP contribution in [0.3, 0.4) is 0 Å². The minimum Gasteiger partial charge on any atom is -0.322 e. The Morgan fingerprint density at radius 1 is 0.944 bits per heavy atom. The minimum atomic E-state index is -0.0765. The van der Waals surface area contributed by atoms with Gasteiger partial charge in [-0.1, -0.05) is 42.5 Å². The topological polar surface area (TPSA) is 92.6 Å². The first kappa shape index (κ1) is 23.6. The van der Waals surface area contributed by atoms with Gasteiger partial charge in [-0.2, -0.15) is 0 Å². The molecule has 0 unspecified atom stereocenters. The fourth-order valence-corrected chi connectivity index (χ4v) is 4.58. The predicted octanol–water partition coefficient (Wildman–Crippen LogP) is 3.97. The van der Waals surface area contributed by atoms with Crippen LogP contribution < -0.4 is 5.56 Å². The number of aromatic nitrogens is 6. The van der Waals surface area contributed by atoms with Crippen molar-refractivity contribution in [3.63, 3.8) is 0 Å². The molecule has 0 atom stereocenters. The van der Waals surface area contributed by atoms with Crippen LogP contribution in [0.2, 0.25) is 0 Å². The van der Waals surface area contributed by atoms with E-state index in [2.05, 4.69) is 55.5 Å². The quantitative estimate of drug-likeness (QED) is 0.344. The van der Waals surface area contributed by atoms with E-state index >= 15 is 0 Å². The highest BCUT2D eigenvalue weighted by Gasteiger charge is 2.16. The fourth-order valence-electron chi connectivity index (χ4n) is 4.58. The van der Waals surface area contributed by atoms with E-state index in [4.69, 9.17) is 0 Å². The Kier molecular flexibility index (Phi) is 6.95. The van der Waals surface area contributed by atoms with E-state index < -0.39 is 0 Å². The SMILES string of the molecule is Cc1cc(C)c2cc(CN(Cc3cccnc3)Cc3nnnn3CCc3ccccc3)c(=O)[nH]c2c1. The molecule has 0 bridgehead atoms. The Morgan fingerprint density at radius 3 is 2.58 bits per heavy atom. The largest absolute Gasteiger partial charge is 0.322 e. The number of rotatable bonds is 9. The molecule has 0 amide bonds. The summed E-state index contributed by atoms with van der Waals surface area (Å²) in [6.45, 7) is 6.37. The molecule has 0 spiro atoms. The van der Waals surface area contributed by atoms with Crippen molar-refractivity contribution in [3.05, 3.63) is 117 Å². The van der Waals surface area contributed by atoms with Gasteiger partial charge in [0.2, 0.25) is 0 Å². The number of benzene rings is 2. The number of tetrazole rings is 1. The molecule has 182 valence electrons. The van der Waals surface area contributed by atoms with Gasteiger partial charge in [0.05, 0.1) is 6.54 Å². The number of pyridine rings is 2. The van der Waals surface area contributed by atoms with Crippen LogP contribution in [0.5, 0.6) is 0 Å². The first-order valence-corrected chi connectivity index (χ1v) is 12.1. The number of hydrogen-bond donors (Lipinski definition) is 1. The average Bonchev–Trinajstić information content (AvgIpc) is 3.31. The highest BCUT2D eigenvalue weighted by Crippen LogP contribution is 2.20. The van der Waals surface area contributed by atoms with Crippen molar-refractivity contribution in [2.24, 2.45) is 0 Å². The number of aryl methyl sites for hydroxylation is 4. The molecule has 3 heterocycles. The van der Waals surface area contributed by atoms with Gasteiger partial charge in [0.15, 0.2) is 5.82 Å². The van der Waals surface area contributed by atoms with E-state index in [0.29, 0.717) is 31.7 Å². The number of fused-ring (bicyclic) bond motifs is 1. The smallest absolute Gasteiger partial charge is 0.252 e. The molecule has 0 aliphatic carbocycles. The summed E-state index contributed by atoms with van der Waals surface area (Å²) in [5, 5.41) is 13.5. The number of nitrogens with one attached hydrogen (secondary N) is 1. The molecular weight excluding hydrogens is 450 g/mol. The normalized spacial score (nSPS) is 11.4. The van der Waals surface area contributed by atoms with Crippen LogP contribution in [0.15, 0.2) is 77.9 Å². The molecular formula is C28H29N7O. The summed E-state index contributed by atoms with van der Waals surface area (Å²) in [5.74, 6) is 0.763. The molecule has 8 nitrogen and oxygen atoms in total. The molecule has 0 fully saturated rings. The molecule has 0 saturated heterocycles. The summed E-state index contributed by atoms with van der Waals surface area (Å²) < 4.78 is 1.85. The average molecular weight is 480 g/mol. The van der Waals surface area contributed by atoms with Crippen LogP contribution in [0.25, 0.3) is 10.9 Å². The summed E-state index contributed by atoms with van der Waals surface area (Å²) >= 11 is 0. The van der Waals surface area contributed by atoms with Gasteiger partial charge in [-0.25, -0.2) is 4.68 Å². The van der Waals surface area contributed by atoms with E-state index in [1.807, 2.05) is 60.3 Å². The van der Waals surface area contributed by atoms with Gasteiger partial charge in [-0.05, 0) is 71.1 Å². The highest BCUT2D eigenvalue weighted by atomic mass is 16.1. The van der Waals surface area contributed by atoms with E-state index in [1.54, 1.807) is 6.20 Å². The zero-order chi connectivity index (χ0) is 24.9. The van der Waals surface area contributed by atoms with Crippen LogP contribution in [-0.4, -0.2) is 35.1 Å². The second-order valence-electron chi connectivity index (χ2n) is 9.23. The van der Waals surface area contributed by atoms with E-state index in [9.17, 15) is 4.79 Å². The van der Waals surface area contributed by atoms with Crippen molar-refractivity contribution in [2.45, 2.75) is 46.4 Å². The lowest BCUT2D eigenvalue weighted by molar-refractivity contribution is 0.235. The number of hydrogen-bond acceptors (Lipinski definition) is 6. The van der Waals surface area contributed by atoms with Crippen molar-refractivity contribution in [1.29, 1.82) is 0 Å². The van der Waals surface area contributed by atoms with Crippen molar-refractivity contribution in [2.75, 3.05) is 0 Å². The first-order chi connectivity index (χ1) is 17.5. The first-order valence-electron chi connectivity index (χ1n) is 12.1. The number of H-pyrrole nitrogens is 1. The van der Waals surface area contributed by atoms with Crippen LogP contribution in [-0.2, 0) is 32.6 Å². The zero-order valence-corrected chi connectivity index (χ0v) is 20.6. The molecule has 0 aliphatic heterocycles. The van der Waals surface area contributed by atoms with Gasteiger partial charge in [-0.3, -0.25) is 14.7 Å². The molecule has 5 aromatic rings.